The molecular formula is C22H15NO3S. The summed E-state index contributed by atoms with van der Waals surface area (Å²) < 4.78 is 6.47. The van der Waals surface area contributed by atoms with Crippen LogP contribution in [0.2, 0.25) is 0 Å². The van der Waals surface area contributed by atoms with Gasteiger partial charge < -0.3 is 4.74 Å². The average molecular weight is 373 g/mol. The number of esters is 1. The van der Waals surface area contributed by atoms with E-state index in [2.05, 4.69) is 4.98 Å². The third-order valence-corrected chi connectivity index (χ3v) is 5.10. The molecule has 0 aliphatic carbocycles. The minimum absolute atomic E-state index is 0.0754. The van der Waals surface area contributed by atoms with Gasteiger partial charge in [0.1, 0.15) is 11.6 Å². The van der Waals surface area contributed by atoms with Crippen LogP contribution in [0.4, 0.5) is 0 Å². The summed E-state index contributed by atoms with van der Waals surface area (Å²) in [5.74, 6) is -0.739. The van der Waals surface area contributed by atoms with Crippen LogP contribution < -0.4 is 0 Å². The molecule has 4 nitrogen and oxygen atoms in total. The van der Waals surface area contributed by atoms with Gasteiger partial charge in [0, 0.05) is 11.1 Å². The topological polar surface area (TPSA) is 56.3 Å². The van der Waals surface area contributed by atoms with Gasteiger partial charge in [0.2, 0.25) is 0 Å². The van der Waals surface area contributed by atoms with Crippen molar-refractivity contribution in [3.63, 3.8) is 0 Å². The van der Waals surface area contributed by atoms with Crippen LogP contribution in [-0.2, 0) is 11.3 Å². The normalized spacial score (nSPS) is 10.7. The Balaban J connectivity index is 1.54. The van der Waals surface area contributed by atoms with E-state index in [4.69, 9.17) is 4.74 Å². The molecule has 3 aromatic carbocycles. The molecule has 0 saturated carbocycles. The van der Waals surface area contributed by atoms with Gasteiger partial charge in [0.25, 0.3) is 0 Å². The lowest BCUT2D eigenvalue weighted by atomic mass is 9.98. The van der Waals surface area contributed by atoms with Gasteiger partial charge in [-0.15, -0.1) is 11.3 Å². The molecule has 132 valence electrons. The second-order valence-electron chi connectivity index (χ2n) is 5.89. The monoisotopic (exact) mass is 373 g/mol. The minimum atomic E-state index is -0.533. The molecule has 0 spiro atoms. The molecule has 5 heteroatoms. The van der Waals surface area contributed by atoms with Crippen LogP contribution in [0.3, 0.4) is 0 Å². The van der Waals surface area contributed by atoms with Gasteiger partial charge in [0.15, 0.2) is 5.78 Å². The lowest BCUT2D eigenvalue weighted by Crippen LogP contribution is -2.12. The zero-order valence-corrected chi connectivity index (χ0v) is 15.1. The smallest absolute Gasteiger partial charge is 0.339 e. The summed E-state index contributed by atoms with van der Waals surface area (Å²) in [4.78, 5) is 29.8. The summed E-state index contributed by atoms with van der Waals surface area (Å²) >= 11 is 1.49. The fourth-order valence-corrected chi connectivity index (χ4v) is 3.67. The molecule has 0 fully saturated rings. The highest BCUT2D eigenvalue weighted by Gasteiger charge is 2.19. The molecule has 0 aliphatic rings. The van der Waals surface area contributed by atoms with Gasteiger partial charge in [-0.3, -0.25) is 4.79 Å². The van der Waals surface area contributed by atoms with Crippen LogP contribution >= 0.6 is 11.3 Å². The quantitative estimate of drug-likeness (QED) is 0.369. The molecule has 0 amide bonds. The van der Waals surface area contributed by atoms with E-state index in [1.54, 1.807) is 48.5 Å². The standard InChI is InChI=1S/C22H15NO3S/c24-21(15-8-2-1-3-9-15)16-10-4-5-11-17(16)22(25)26-14-20-23-18-12-6-7-13-19(18)27-20/h1-13H,14H2. The van der Waals surface area contributed by atoms with Crippen LogP contribution in [0.15, 0.2) is 78.9 Å². The Kier molecular flexibility index (Phi) is 4.77. The largest absolute Gasteiger partial charge is 0.455 e. The van der Waals surface area contributed by atoms with Gasteiger partial charge in [-0.25, -0.2) is 9.78 Å². The molecule has 0 saturated heterocycles. The first-order valence-electron chi connectivity index (χ1n) is 8.43. The van der Waals surface area contributed by atoms with Crippen molar-refractivity contribution in [2.24, 2.45) is 0 Å². The van der Waals surface area contributed by atoms with Crippen molar-refractivity contribution in [3.8, 4) is 0 Å². The van der Waals surface area contributed by atoms with Crippen molar-refractivity contribution < 1.29 is 14.3 Å². The van der Waals surface area contributed by atoms with E-state index in [1.165, 1.54) is 11.3 Å². The Morgan fingerprint density at radius 1 is 0.815 bits per heavy atom. The Morgan fingerprint density at radius 3 is 2.26 bits per heavy atom. The summed E-state index contributed by atoms with van der Waals surface area (Å²) in [7, 11) is 0. The number of carbonyl (C=O) groups is 2. The molecule has 0 bridgehead atoms. The van der Waals surface area contributed by atoms with E-state index < -0.39 is 5.97 Å². The third-order valence-electron chi connectivity index (χ3n) is 4.09. The fraction of sp³-hybridized carbons (Fsp3) is 0.0455. The first kappa shape index (κ1) is 17.1. The number of fused-ring (bicyclic) bond motifs is 1. The molecule has 1 heterocycles. The van der Waals surface area contributed by atoms with E-state index >= 15 is 0 Å². The number of aromatic nitrogens is 1. The zero-order chi connectivity index (χ0) is 18.6. The number of hydrogen-bond acceptors (Lipinski definition) is 5. The van der Waals surface area contributed by atoms with Gasteiger partial charge in [-0.2, -0.15) is 0 Å². The number of nitrogens with zero attached hydrogens (tertiary/aromatic N) is 1. The molecule has 4 aromatic rings. The van der Waals surface area contributed by atoms with Crippen LogP contribution in [0.5, 0.6) is 0 Å². The molecule has 0 atom stereocenters. The van der Waals surface area contributed by atoms with Gasteiger partial charge in [0.05, 0.1) is 15.8 Å². The molecule has 4 rings (SSSR count). The number of ketones is 1. The second-order valence-corrected chi connectivity index (χ2v) is 7.01. The first-order valence-corrected chi connectivity index (χ1v) is 9.24. The highest BCUT2D eigenvalue weighted by atomic mass is 32.1. The van der Waals surface area contributed by atoms with E-state index in [9.17, 15) is 9.59 Å². The summed E-state index contributed by atoms with van der Waals surface area (Å²) in [6.45, 7) is 0.0754. The Hall–Kier alpha value is -3.31. The highest BCUT2D eigenvalue weighted by Crippen LogP contribution is 2.23. The summed E-state index contributed by atoms with van der Waals surface area (Å²) in [5, 5.41) is 0.719. The van der Waals surface area contributed by atoms with E-state index in [0.717, 1.165) is 15.2 Å². The number of carbonyl (C=O) groups excluding carboxylic acids is 2. The first-order chi connectivity index (χ1) is 13.2. The predicted molar refractivity (Wildman–Crippen MR) is 105 cm³/mol. The van der Waals surface area contributed by atoms with E-state index in [0.29, 0.717) is 11.1 Å². The zero-order valence-electron chi connectivity index (χ0n) is 14.3. The average Bonchev–Trinajstić information content (AvgIpc) is 3.15. The number of thiazole rings is 1. The summed E-state index contributed by atoms with van der Waals surface area (Å²) in [6, 6.07) is 23.4. The SMILES string of the molecule is O=C(OCc1nc2ccccc2s1)c1ccccc1C(=O)c1ccccc1. The Labute approximate surface area is 160 Å². The molecule has 0 N–H and O–H groups in total. The van der Waals surface area contributed by atoms with Crippen molar-refractivity contribution in [2.75, 3.05) is 0 Å². The molecule has 0 aliphatic heterocycles. The van der Waals surface area contributed by atoms with Crippen molar-refractivity contribution in [1.82, 2.24) is 4.98 Å². The van der Waals surface area contributed by atoms with Crippen LogP contribution in [0.1, 0.15) is 31.3 Å². The summed E-state index contributed by atoms with van der Waals surface area (Å²) in [6.07, 6.45) is 0. The number of hydrogen-bond donors (Lipinski definition) is 0. The molecular weight excluding hydrogens is 358 g/mol. The lowest BCUT2D eigenvalue weighted by Gasteiger charge is -2.08. The van der Waals surface area contributed by atoms with Crippen LogP contribution in [0, 0.1) is 0 Å². The second kappa shape index (κ2) is 7.51. The van der Waals surface area contributed by atoms with E-state index in [1.807, 2.05) is 30.3 Å². The van der Waals surface area contributed by atoms with Crippen molar-refractivity contribution in [1.29, 1.82) is 0 Å². The third kappa shape index (κ3) is 3.64. The van der Waals surface area contributed by atoms with Crippen LogP contribution in [0.25, 0.3) is 10.2 Å². The maximum absolute atomic E-state index is 12.7. The van der Waals surface area contributed by atoms with Crippen molar-refractivity contribution in [3.05, 3.63) is 101 Å². The number of ether oxygens (including phenoxy) is 1. The lowest BCUT2D eigenvalue weighted by molar-refractivity contribution is 0.0470. The molecule has 0 unspecified atom stereocenters. The minimum Gasteiger partial charge on any atom is -0.455 e. The highest BCUT2D eigenvalue weighted by molar-refractivity contribution is 7.18. The van der Waals surface area contributed by atoms with E-state index in [-0.39, 0.29) is 18.0 Å². The predicted octanol–water partition coefficient (Wildman–Crippen LogP) is 4.88. The maximum atomic E-state index is 12.7. The van der Waals surface area contributed by atoms with Gasteiger partial charge in [-0.1, -0.05) is 60.7 Å². The molecule has 27 heavy (non-hydrogen) atoms. The number of rotatable bonds is 5. The number of para-hydroxylation sites is 1. The van der Waals surface area contributed by atoms with Gasteiger partial charge >= 0.3 is 5.97 Å². The summed E-state index contributed by atoms with van der Waals surface area (Å²) in [5.41, 5.74) is 2.00. The van der Waals surface area contributed by atoms with Crippen molar-refractivity contribution in [2.45, 2.75) is 6.61 Å². The maximum Gasteiger partial charge on any atom is 0.339 e. The molecule has 1 aromatic heterocycles. The van der Waals surface area contributed by atoms with Crippen LogP contribution in [-0.4, -0.2) is 16.7 Å². The fourth-order valence-electron chi connectivity index (χ4n) is 2.79. The Morgan fingerprint density at radius 2 is 1.48 bits per heavy atom. The Bertz CT molecular complexity index is 1090. The van der Waals surface area contributed by atoms with Gasteiger partial charge in [-0.05, 0) is 18.2 Å². The van der Waals surface area contributed by atoms with Crippen molar-refractivity contribution >= 4 is 33.3 Å². The molecule has 0 radical (unpaired) electrons. The number of benzene rings is 3.